The fourth-order valence-corrected chi connectivity index (χ4v) is 4.68. The first kappa shape index (κ1) is 28.9. The molecule has 0 spiro atoms. The van der Waals surface area contributed by atoms with Gasteiger partial charge < -0.3 is 25.0 Å². The first-order valence-electron chi connectivity index (χ1n) is 14.0. The lowest BCUT2D eigenvalue weighted by atomic mass is 10.0. The Bertz CT molecular complexity index is 1260. The molecule has 0 saturated carbocycles. The van der Waals surface area contributed by atoms with E-state index in [-0.39, 0.29) is 30.8 Å². The second-order valence-corrected chi connectivity index (χ2v) is 9.80. The highest BCUT2D eigenvalue weighted by Crippen LogP contribution is 2.26. The van der Waals surface area contributed by atoms with E-state index in [1.54, 1.807) is 4.90 Å². The molecule has 4 rings (SSSR count). The number of carbonyl (C=O) groups is 3. The zero-order chi connectivity index (χ0) is 28.0. The van der Waals surface area contributed by atoms with Gasteiger partial charge in [-0.25, -0.2) is 4.79 Å². The molecule has 2 aliphatic rings. The number of rotatable bonds is 10. The maximum atomic E-state index is 13.2. The number of benzene rings is 2. The van der Waals surface area contributed by atoms with E-state index < -0.39 is 6.09 Å². The summed E-state index contributed by atoms with van der Waals surface area (Å²) in [7, 11) is 0. The predicted octanol–water partition coefficient (Wildman–Crippen LogP) is 4.46. The monoisotopic (exact) mass is 543 g/mol. The van der Waals surface area contributed by atoms with Gasteiger partial charge in [-0.2, -0.15) is 0 Å². The van der Waals surface area contributed by atoms with Crippen molar-refractivity contribution in [3.05, 3.63) is 77.4 Å². The van der Waals surface area contributed by atoms with Gasteiger partial charge in [0.15, 0.2) is 0 Å². The lowest BCUT2D eigenvalue weighted by Gasteiger charge is -2.26. The fourth-order valence-electron chi connectivity index (χ4n) is 4.68. The highest BCUT2D eigenvalue weighted by molar-refractivity contribution is 5.96. The maximum Gasteiger partial charge on any atom is 0.407 e. The number of hydrogen-bond acceptors (Lipinski definition) is 5. The van der Waals surface area contributed by atoms with Gasteiger partial charge in [0.25, 0.3) is 0 Å². The summed E-state index contributed by atoms with van der Waals surface area (Å²) in [5, 5.41) is 5.50. The molecule has 2 aromatic rings. The van der Waals surface area contributed by atoms with E-state index in [2.05, 4.69) is 34.6 Å². The summed E-state index contributed by atoms with van der Waals surface area (Å²) in [4.78, 5) is 39.3. The van der Waals surface area contributed by atoms with Gasteiger partial charge in [-0.1, -0.05) is 54.3 Å². The summed E-state index contributed by atoms with van der Waals surface area (Å²) in [6, 6.07) is 15.4. The van der Waals surface area contributed by atoms with E-state index in [1.165, 1.54) is 0 Å². The van der Waals surface area contributed by atoms with Gasteiger partial charge in [-0.3, -0.25) is 9.59 Å². The Morgan fingerprint density at radius 1 is 0.850 bits per heavy atom. The van der Waals surface area contributed by atoms with Crippen molar-refractivity contribution in [1.82, 2.24) is 10.6 Å². The number of nitrogens with zero attached hydrogens (tertiary/aromatic N) is 1. The molecule has 0 aromatic heterocycles. The molecule has 1 heterocycles. The second-order valence-electron chi connectivity index (χ2n) is 9.80. The molecule has 1 aliphatic carbocycles. The quantitative estimate of drug-likeness (QED) is 0.262. The van der Waals surface area contributed by atoms with Gasteiger partial charge in [-0.15, -0.1) is 0 Å². The summed E-state index contributed by atoms with van der Waals surface area (Å²) in [5.74, 6) is 6.04. The third-order valence-corrected chi connectivity index (χ3v) is 6.82. The molecule has 1 atom stereocenters. The number of carbonyl (C=O) groups excluding carboxylic acids is 3. The number of anilines is 1. The molecule has 0 fully saturated rings. The average molecular weight is 544 g/mol. The van der Waals surface area contributed by atoms with Crippen LogP contribution in [0.5, 0.6) is 0 Å². The molecule has 2 aromatic carbocycles. The van der Waals surface area contributed by atoms with Crippen LogP contribution in [0.2, 0.25) is 0 Å². The Morgan fingerprint density at radius 2 is 1.57 bits per heavy atom. The van der Waals surface area contributed by atoms with Crippen LogP contribution in [-0.2, 0) is 25.6 Å². The van der Waals surface area contributed by atoms with Crippen LogP contribution in [0, 0.1) is 11.8 Å². The number of ether oxygens (including phenoxy) is 2. The maximum absolute atomic E-state index is 13.2. The standard InChI is InChI=1S/C32H37N3O5/c36-30(33-20-22-39-23-21-34-32(38)40-28-13-4-2-1-3-5-14-28)18-19-31(37)35-24-27-12-7-6-10-25(27)16-17-26-11-8-9-15-29(26)35/h1-2,6-12,15,28H,3-5,13-14,18-24H2,(H,33,36)(H,34,38)/b2-1-. The van der Waals surface area contributed by atoms with E-state index >= 15 is 0 Å². The van der Waals surface area contributed by atoms with E-state index in [1.807, 2.05) is 48.5 Å². The summed E-state index contributed by atoms with van der Waals surface area (Å²) in [6.45, 7) is 1.67. The van der Waals surface area contributed by atoms with Gasteiger partial charge in [0.2, 0.25) is 11.8 Å². The van der Waals surface area contributed by atoms with Crippen LogP contribution < -0.4 is 15.5 Å². The fraction of sp³-hybridized carbons (Fsp3) is 0.406. The number of para-hydroxylation sites is 1. The third kappa shape index (κ3) is 8.99. The van der Waals surface area contributed by atoms with Crippen molar-refractivity contribution < 1.29 is 23.9 Å². The van der Waals surface area contributed by atoms with Crippen LogP contribution in [-0.4, -0.2) is 50.3 Å². The van der Waals surface area contributed by atoms with Gasteiger partial charge in [-0.05, 0) is 55.9 Å². The lowest BCUT2D eigenvalue weighted by molar-refractivity contribution is -0.125. The minimum atomic E-state index is -0.422. The molecule has 3 amide bonds. The van der Waals surface area contributed by atoms with Crippen molar-refractivity contribution in [2.75, 3.05) is 31.2 Å². The zero-order valence-electron chi connectivity index (χ0n) is 22.8. The molecule has 8 nitrogen and oxygen atoms in total. The topological polar surface area (TPSA) is 97.0 Å². The first-order valence-corrected chi connectivity index (χ1v) is 14.0. The smallest absolute Gasteiger partial charge is 0.407 e. The van der Waals surface area contributed by atoms with Crippen molar-refractivity contribution in [3.8, 4) is 11.8 Å². The van der Waals surface area contributed by atoms with Crippen LogP contribution >= 0.6 is 0 Å². The highest BCUT2D eigenvalue weighted by atomic mass is 16.6. The summed E-state index contributed by atoms with van der Waals surface area (Å²) < 4.78 is 11.0. The van der Waals surface area contributed by atoms with Crippen LogP contribution in [0.15, 0.2) is 60.7 Å². The van der Waals surface area contributed by atoms with Crippen LogP contribution in [0.1, 0.15) is 61.6 Å². The molecule has 0 bridgehead atoms. The van der Waals surface area contributed by atoms with Crippen LogP contribution in [0.25, 0.3) is 0 Å². The number of allylic oxidation sites excluding steroid dienone is 2. The summed E-state index contributed by atoms with van der Waals surface area (Å²) in [5.41, 5.74) is 3.40. The number of fused-ring (bicyclic) bond motifs is 2. The summed E-state index contributed by atoms with van der Waals surface area (Å²) >= 11 is 0. The van der Waals surface area contributed by atoms with Gasteiger partial charge in [0, 0.05) is 37.1 Å². The Kier molecular flexibility index (Phi) is 11.2. The third-order valence-electron chi connectivity index (χ3n) is 6.82. The van der Waals surface area contributed by atoms with Crippen molar-refractivity contribution >= 4 is 23.6 Å². The van der Waals surface area contributed by atoms with E-state index in [9.17, 15) is 14.4 Å². The number of hydrogen-bond donors (Lipinski definition) is 2. The minimum Gasteiger partial charge on any atom is -0.446 e. The Morgan fingerprint density at radius 3 is 2.45 bits per heavy atom. The van der Waals surface area contributed by atoms with Crippen molar-refractivity contribution in [2.24, 2.45) is 0 Å². The Balaban J connectivity index is 1.13. The largest absolute Gasteiger partial charge is 0.446 e. The molecule has 1 aliphatic heterocycles. The minimum absolute atomic E-state index is 0.0453. The van der Waals surface area contributed by atoms with Crippen LogP contribution in [0.4, 0.5) is 10.5 Å². The Hall–Kier alpha value is -4.09. The highest BCUT2D eigenvalue weighted by Gasteiger charge is 2.21. The normalized spacial score (nSPS) is 16.8. The van der Waals surface area contributed by atoms with Crippen molar-refractivity contribution in [1.29, 1.82) is 0 Å². The van der Waals surface area contributed by atoms with Gasteiger partial charge >= 0.3 is 6.09 Å². The van der Waals surface area contributed by atoms with E-state index in [4.69, 9.17) is 9.47 Å². The first-order chi connectivity index (χ1) is 19.6. The number of amides is 3. The lowest BCUT2D eigenvalue weighted by Crippen LogP contribution is -2.34. The molecule has 2 N–H and O–H groups in total. The number of nitrogens with one attached hydrogen (secondary N) is 2. The van der Waals surface area contributed by atoms with Crippen LogP contribution in [0.3, 0.4) is 0 Å². The van der Waals surface area contributed by atoms with E-state index in [0.717, 1.165) is 54.5 Å². The van der Waals surface area contributed by atoms with Gasteiger partial charge in [0.1, 0.15) is 6.10 Å². The molecule has 1 unspecified atom stereocenters. The Labute approximate surface area is 236 Å². The molecule has 0 saturated heterocycles. The zero-order valence-corrected chi connectivity index (χ0v) is 22.8. The molecule has 8 heteroatoms. The molecule has 0 radical (unpaired) electrons. The molecule has 40 heavy (non-hydrogen) atoms. The predicted molar refractivity (Wildman–Crippen MR) is 154 cm³/mol. The average Bonchev–Trinajstić information content (AvgIpc) is 2.94. The molecular weight excluding hydrogens is 506 g/mol. The summed E-state index contributed by atoms with van der Waals surface area (Å²) in [6.07, 6.45) is 8.72. The van der Waals surface area contributed by atoms with Gasteiger partial charge in [0.05, 0.1) is 25.4 Å². The SMILES string of the molecule is O=C(CCC(=O)N1Cc2ccccc2C#Cc2ccccc21)NCCOCCNC(=O)OC1CC/C=C\CCC1. The van der Waals surface area contributed by atoms with E-state index in [0.29, 0.717) is 32.8 Å². The van der Waals surface area contributed by atoms with Crippen molar-refractivity contribution in [3.63, 3.8) is 0 Å². The second kappa shape index (κ2) is 15.5. The van der Waals surface area contributed by atoms with Crippen molar-refractivity contribution in [2.45, 2.75) is 57.6 Å². The molecule has 210 valence electrons. The number of alkyl carbamates (subject to hydrolysis) is 1. The molecular formula is C32H37N3O5.